The minimum absolute atomic E-state index is 0.125. The molecular formula is C29H35F3N6O2S. The monoisotopic (exact) mass is 588 g/mol. The second-order valence-electron chi connectivity index (χ2n) is 10.1. The van der Waals surface area contributed by atoms with E-state index in [1.165, 1.54) is 40.2 Å². The van der Waals surface area contributed by atoms with E-state index in [2.05, 4.69) is 69.8 Å². The summed E-state index contributed by atoms with van der Waals surface area (Å²) < 4.78 is 42.2. The van der Waals surface area contributed by atoms with E-state index >= 15 is 0 Å². The molecule has 3 aromatic rings. The van der Waals surface area contributed by atoms with Gasteiger partial charge in [0, 0.05) is 19.3 Å². The van der Waals surface area contributed by atoms with Gasteiger partial charge in [-0.3, -0.25) is 9.80 Å². The molecule has 2 N–H and O–H groups in total. The number of anilines is 1. The number of nitrogens with one attached hydrogen (secondary N) is 2. The topological polar surface area (TPSA) is 84.3 Å². The fourth-order valence-electron chi connectivity index (χ4n) is 4.59. The van der Waals surface area contributed by atoms with Crippen LogP contribution in [0.5, 0.6) is 5.75 Å². The molecule has 1 aliphatic carbocycles. The average molecular weight is 589 g/mol. The Bertz CT molecular complexity index is 1330. The third-order valence-electron chi connectivity index (χ3n) is 6.80. The summed E-state index contributed by atoms with van der Waals surface area (Å²) in [4.78, 5) is 16.0. The molecule has 8 nitrogen and oxygen atoms in total. The lowest BCUT2D eigenvalue weighted by atomic mass is 9.89. The van der Waals surface area contributed by atoms with Gasteiger partial charge in [0.05, 0.1) is 17.3 Å². The number of thioether (sulfide) groups is 1. The summed E-state index contributed by atoms with van der Waals surface area (Å²) in [6.07, 6.45) is 1.61. The van der Waals surface area contributed by atoms with Crippen molar-refractivity contribution in [3.8, 4) is 11.4 Å². The third-order valence-corrected chi connectivity index (χ3v) is 7.70. The average Bonchev–Trinajstić information content (AvgIpc) is 3.61. The highest BCUT2D eigenvalue weighted by atomic mass is 32.2. The maximum atomic E-state index is 12.3. The van der Waals surface area contributed by atoms with E-state index in [0.717, 1.165) is 31.4 Å². The molecule has 0 bridgehead atoms. The van der Waals surface area contributed by atoms with Crippen molar-refractivity contribution < 1.29 is 22.7 Å². The fourth-order valence-corrected chi connectivity index (χ4v) is 5.43. The van der Waals surface area contributed by atoms with Gasteiger partial charge < -0.3 is 10.1 Å². The highest BCUT2D eigenvalue weighted by molar-refractivity contribution is 8.00. The first kappa shape index (κ1) is 30.4. The van der Waals surface area contributed by atoms with E-state index in [1.54, 1.807) is 23.1 Å². The van der Waals surface area contributed by atoms with E-state index in [4.69, 9.17) is 0 Å². The maximum absolute atomic E-state index is 12.3. The highest BCUT2D eigenvalue weighted by Crippen LogP contribution is 2.29. The van der Waals surface area contributed by atoms with Crippen molar-refractivity contribution in [1.82, 2.24) is 25.2 Å². The van der Waals surface area contributed by atoms with Crippen LogP contribution in [-0.4, -0.2) is 57.3 Å². The molecule has 1 amide bonds. The van der Waals surface area contributed by atoms with E-state index in [9.17, 15) is 18.0 Å². The molecule has 1 fully saturated rings. The van der Waals surface area contributed by atoms with Gasteiger partial charge in [0.1, 0.15) is 12.1 Å². The molecule has 1 saturated heterocycles. The van der Waals surface area contributed by atoms with E-state index in [1.807, 2.05) is 7.05 Å². The number of nitrogens with zero attached hydrogens (tertiary/aromatic N) is 4. The first-order valence-electron chi connectivity index (χ1n) is 13.5. The SMILES string of the molecule is CNc1ccccc1C(C)C.O=C1CSCN1NCC1CC=C(c2ncn(-c3ccc(OC(F)(F)F)cc3)n2)CC1. The predicted molar refractivity (Wildman–Crippen MR) is 156 cm³/mol. The van der Waals surface area contributed by atoms with Crippen LogP contribution in [0.25, 0.3) is 11.3 Å². The van der Waals surface area contributed by atoms with Crippen molar-refractivity contribution in [2.24, 2.45) is 5.92 Å². The van der Waals surface area contributed by atoms with Crippen LogP contribution in [0.2, 0.25) is 0 Å². The Labute approximate surface area is 242 Å². The summed E-state index contributed by atoms with van der Waals surface area (Å²) in [5, 5.41) is 9.31. The molecule has 0 radical (unpaired) electrons. The summed E-state index contributed by atoms with van der Waals surface area (Å²) in [6, 6.07) is 13.9. The lowest BCUT2D eigenvalue weighted by molar-refractivity contribution is -0.274. The Morgan fingerprint density at radius 2 is 1.90 bits per heavy atom. The zero-order valence-electron chi connectivity index (χ0n) is 23.3. The number of carbonyl (C=O) groups excluding carboxylic acids is 1. The molecule has 1 unspecified atom stereocenters. The number of allylic oxidation sites excluding steroid dienone is 2. The quantitative estimate of drug-likeness (QED) is 0.322. The standard InChI is InChI=1S/C19H20F3N5O2S.C10H15N/c20-19(21,22)29-16-7-5-15(6-8-16)26-11-23-18(25-26)14-3-1-13(2-4-14)9-24-27-12-30-10-17(27)28;1-8(2)9-6-4-5-7-10(9)11-3/h3,5-8,11,13,24H,1-2,4,9-10,12H2;4-8,11H,1-3H3. The van der Waals surface area contributed by atoms with E-state index in [0.29, 0.717) is 35.0 Å². The Balaban J connectivity index is 0.000000296. The normalized spacial score (nSPS) is 17.2. The number of rotatable bonds is 8. The number of hydrogen-bond acceptors (Lipinski definition) is 7. The van der Waals surface area contributed by atoms with Crippen LogP contribution in [0.15, 0.2) is 60.9 Å². The summed E-state index contributed by atoms with van der Waals surface area (Å²) in [5.74, 6) is 2.72. The molecular weight excluding hydrogens is 553 g/mol. The number of hydrazine groups is 1. The van der Waals surface area contributed by atoms with Crippen molar-refractivity contribution >= 4 is 28.9 Å². The minimum Gasteiger partial charge on any atom is -0.406 e. The van der Waals surface area contributed by atoms with Gasteiger partial charge in [-0.25, -0.2) is 15.1 Å². The van der Waals surface area contributed by atoms with Crippen molar-refractivity contribution in [1.29, 1.82) is 0 Å². The van der Waals surface area contributed by atoms with Gasteiger partial charge in [0.15, 0.2) is 5.82 Å². The maximum Gasteiger partial charge on any atom is 0.573 e. The van der Waals surface area contributed by atoms with Gasteiger partial charge in [-0.05, 0) is 72.6 Å². The van der Waals surface area contributed by atoms with Crippen LogP contribution in [0, 0.1) is 5.92 Å². The number of alkyl halides is 3. The van der Waals surface area contributed by atoms with Crippen LogP contribution in [0.3, 0.4) is 0 Å². The van der Waals surface area contributed by atoms with Crippen LogP contribution >= 0.6 is 11.8 Å². The van der Waals surface area contributed by atoms with Crippen LogP contribution in [-0.2, 0) is 4.79 Å². The minimum atomic E-state index is -4.72. The van der Waals surface area contributed by atoms with Crippen LogP contribution in [0.4, 0.5) is 18.9 Å². The second-order valence-corrected chi connectivity index (χ2v) is 11.0. The highest BCUT2D eigenvalue weighted by Gasteiger charge is 2.31. The Kier molecular flexibility index (Phi) is 10.3. The van der Waals surface area contributed by atoms with Crippen molar-refractivity contribution in [2.75, 3.05) is 30.5 Å². The summed E-state index contributed by atoms with van der Waals surface area (Å²) >= 11 is 1.60. The van der Waals surface area contributed by atoms with Gasteiger partial charge in [-0.15, -0.1) is 30.0 Å². The molecule has 2 heterocycles. The lowest BCUT2D eigenvalue weighted by Gasteiger charge is -2.24. The Morgan fingerprint density at radius 3 is 2.49 bits per heavy atom. The van der Waals surface area contributed by atoms with Crippen LogP contribution < -0.4 is 15.5 Å². The number of amides is 1. The first-order chi connectivity index (χ1) is 19.6. The van der Waals surface area contributed by atoms with Crippen molar-refractivity contribution in [3.63, 3.8) is 0 Å². The van der Waals surface area contributed by atoms with Gasteiger partial charge in [0.2, 0.25) is 5.91 Å². The number of ether oxygens (including phenoxy) is 1. The molecule has 5 rings (SSSR count). The van der Waals surface area contributed by atoms with Gasteiger partial charge in [-0.1, -0.05) is 38.1 Å². The van der Waals surface area contributed by atoms with Gasteiger partial charge in [0.25, 0.3) is 0 Å². The molecule has 0 saturated carbocycles. The Morgan fingerprint density at radius 1 is 1.15 bits per heavy atom. The zero-order valence-corrected chi connectivity index (χ0v) is 24.1. The number of halogens is 3. The van der Waals surface area contributed by atoms with Crippen molar-refractivity contribution in [2.45, 2.75) is 45.4 Å². The number of carbonyl (C=O) groups is 1. The molecule has 41 heavy (non-hydrogen) atoms. The van der Waals surface area contributed by atoms with Crippen LogP contribution in [0.1, 0.15) is 50.4 Å². The molecule has 220 valence electrons. The predicted octanol–water partition coefficient (Wildman–Crippen LogP) is 6.24. The Hall–Kier alpha value is -3.51. The second kappa shape index (κ2) is 13.9. The number of para-hydroxylation sites is 1. The van der Waals surface area contributed by atoms with Gasteiger partial charge in [-0.2, -0.15) is 0 Å². The molecule has 2 aliphatic rings. The first-order valence-corrected chi connectivity index (χ1v) is 14.6. The van der Waals surface area contributed by atoms with Crippen molar-refractivity contribution in [3.05, 3.63) is 72.3 Å². The molecule has 1 aromatic heterocycles. The summed E-state index contributed by atoms with van der Waals surface area (Å²) in [6.45, 7) is 5.16. The molecule has 1 aliphatic heterocycles. The van der Waals surface area contributed by atoms with E-state index in [-0.39, 0.29) is 11.7 Å². The molecule has 2 aromatic carbocycles. The van der Waals surface area contributed by atoms with E-state index < -0.39 is 6.36 Å². The molecule has 0 spiro atoms. The summed E-state index contributed by atoms with van der Waals surface area (Å²) in [5.41, 5.74) is 7.48. The molecule has 1 atom stereocenters. The molecule has 12 heteroatoms. The third kappa shape index (κ3) is 8.74. The lowest BCUT2D eigenvalue weighted by Crippen LogP contribution is -2.42. The number of hydrogen-bond donors (Lipinski definition) is 2. The number of benzene rings is 2. The smallest absolute Gasteiger partial charge is 0.406 e. The summed E-state index contributed by atoms with van der Waals surface area (Å²) in [7, 11) is 1.96. The fraction of sp³-hybridized carbons (Fsp3) is 0.414. The zero-order chi connectivity index (χ0) is 29.4. The largest absolute Gasteiger partial charge is 0.573 e. The number of aromatic nitrogens is 3. The van der Waals surface area contributed by atoms with Gasteiger partial charge >= 0.3 is 6.36 Å².